The van der Waals surface area contributed by atoms with E-state index in [9.17, 15) is 9.90 Å². The van der Waals surface area contributed by atoms with Gasteiger partial charge in [0, 0.05) is 6.54 Å². The number of nitrogens with one attached hydrogen (secondary N) is 1. The molecule has 0 saturated carbocycles. The van der Waals surface area contributed by atoms with Crippen molar-refractivity contribution in [3.8, 4) is 6.07 Å². The van der Waals surface area contributed by atoms with Gasteiger partial charge in [-0.25, -0.2) is 0 Å². The third-order valence-corrected chi connectivity index (χ3v) is 2.72. The van der Waals surface area contributed by atoms with Gasteiger partial charge in [0.25, 0.3) is 0 Å². The lowest BCUT2D eigenvalue weighted by atomic mass is 10.1. The van der Waals surface area contributed by atoms with Gasteiger partial charge < -0.3 is 10.4 Å². The summed E-state index contributed by atoms with van der Waals surface area (Å²) in [6.07, 6.45) is 1.23. The van der Waals surface area contributed by atoms with Crippen LogP contribution in [0.2, 0.25) is 0 Å². The standard InChI is InChI=1S/C14H18N2O2/c1-2-13(17)7-8-16-14(18)9-11-3-5-12(10-15)6-4-11/h3-6,13,17H,2,7-9H2,1H3,(H,16,18). The van der Waals surface area contributed by atoms with E-state index in [2.05, 4.69) is 5.32 Å². The smallest absolute Gasteiger partial charge is 0.224 e. The van der Waals surface area contributed by atoms with Crippen molar-refractivity contribution in [2.24, 2.45) is 0 Å². The number of benzene rings is 1. The number of carbonyl (C=O) groups is 1. The van der Waals surface area contributed by atoms with Crippen molar-refractivity contribution in [2.45, 2.75) is 32.3 Å². The predicted molar refractivity (Wildman–Crippen MR) is 68.8 cm³/mol. The summed E-state index contributed by atoms with van der Waals surface area (Å²) in [6.45, 7) is 2.40. The molecule has 0 heterocycles. The molecule has 1 aromatic carbocycles. The number of hydrogen-bond donors (Lipinski definition) is 2. The molecule has 18 heavy (non-hydrogen) atoms. The normalized spacial score (nSPS) is 11.6. The summed E-state index contributed by atoms with van der Waals surface area (Å²) in [6, 6.07) is 8.98. The summed E-state index contributed by atoms with van der Waals surface area (Å²) < 4.78 is 0. The van der Waals surface area contributed by atoms with Gasteiger partial charge in [-0.15, -0.1) is 0 Å². The van der Waals surface area contributed by atoms with E-state index in [1.54, 1.807) is 24.3 Å². The molecule has 0 aliphatic rings. The summed E-state index contributed by atoms with van der Waals surface area (Å²) in [5, 5.41) is 20.7. The second-order valence-corrected chi connectivity index (χ2v) is 4.19. The van der Waals surface area contributed by atoms with Crippen molar-refractivity contribution in [3.63, 3.8) is 0 Å². The molecule has 1 rings (SSSR count). The van der Waals surface area contributed by atoms with Gasteiger partial charge in [0.05, 0.1) is 24.2 Å². The van der Waals surface area contributed by atoms with Crippen molar-refractivity contribution in [3.05, 3.63) is 35.4 Å². The molecule has 0 fully saturated rings. The first-order valence-corrected chi connectivity index (χ1v) is 6.09. The molecule has 1 aromatic rings. The van der Waals surface area contributed by atoms with Gasteiger partial charge in [-0.05, 0) is 30.5 Å². The maximum absolute atomic E-state index is 11.6. The van der Waals surface area contributed by atoms with Gasteiger partial charge in [0.2, 0.25) is 5.91 Å². The van der Waals surface area contributed by atoms with Gasteiger partial charge in [-0.3, -0.25) is 4.79 Å². The third kappa shape index (κ3) is 4.98. The number of rotatable bonds is 6. The number of amides is 1. The molecule has 1 atom stereocenters. The van der Waals surface area contributed by atoms with Gasteiger partial charge in [0.1, 0.15) is 0 Å². The summed E-state index contributed by atoms with van der Waals surface area (Å²) in [4.78, 5) is 11.6. The number of hydrogen-bond acceptors (Lipinski definition) is 3. The van der Waals surface area contributed by atoms with E-state index in [4.69, 9.17) is 5.26 Å². The van der Waals surface area contributed by atoms with Crippen molar-refractivity contribution >= 4 is 5.91 Å². The Morgan fingerprint density at radius 2 is 2.11 bits per heavy atom. The Balaban J connectivity index is 2.33. The number of aliphatic hydroxyl groups excluding tert-OH is 1. The minimum atomic E-state index is -0.347. The average Bonchev–Trinajstić information content (AvgIpc) is 2.39. The van der Waals surface area contributed by atoms with Crippen molar-refractivity contribution in [1.29, 1.82) is 5.26 Å². The molecule has 1 unspecified atom stereocenters. The van der Waals surface area contributed by atoms with Crippen LogP contribution in [-0.2, 0) is 11.2 Å². The highest BCUT2D eigenvalue weighted by atomic mass is 16.3. The van der Waals surface area contributed by atoms with E-state index in [1.807, 2.05) is 13.0 Å². The second kappa shape index (κ2) is 7.46. The van der Waals surface area contributed by atoms with Crippen LogP contribution >= 0.6 is 0 Å². The molecule has 1 amide bonds. The second-order valence-electron chi connectivity index (χ2n) is 4.19. The first-order valence-electron chi connectivity index (χ1n) is 6.09. The van der Waals surface area contributed by atoms with E-state index >= 15 is 0 Å². The molecule has 0 saturated heterocycles. The molecule has 0 aliphatic heterocycles. The maximum atomic E-state index is 11.6. The van der Waals surface area contributed by atoms with Crippen molar-refractivity contribution in [2.75, 3.05) is 6.54 Å². The molecule has 4 nitrogen and oxygen atoms in total. The highest BCUT2D eigenvalue weighted by molar-refractivity contribution is 5.78. The van der Waals surface area contributed by atoms with Crippen LogP contribution in [0.3, 0.4) is 0 Å². The lowest BCUT2D eigenvalue weighted by Crippen LogP contribution is -2.28. The topological polar surface area (TPSA) is 73.1 Å². The molecule has 0 aliphatic carbocycles. The predicted octanol–water partition coefficient (Wildman–Crippen LogP) is 1.38. The quantitative estimate of drug-likeness (QED) is 0.796. The third-order valence-electron chi connectivity index (χ3n) is 2.72. The Kier molecular flexibility index (Phi) is 5.89. The first-order chi connectivity index (χ1) is 8.65. The van der Waals surface area contributed by atoms with E-state index in [-0.39, 0.29) is 12.0 Å². The summed E-state index contributed by atoms with van der Waals surface area (Å²) >= 11 is 0. The van der Waals surface area contributed by atoms with Gasteiger partial charge in [-0.2, -0.15) is 5.26 Å². The SMILES string of the molecule is CCC(O)CCNC(=O)Cc1ccc(C#N)cc1. The summed E-state index contributed by atoms with van der Waals surface area (Å²) in [5.74, 6) is -0.0667. The number of nitrogens with zero attached hydrogens (tertiary/aromatic N) is 1. The molecule has 0 aromatic heterocycles. The maximum Gasteiger partial charge on any atom is 0.224 e. The lowest BCUT2D eigenvalue weighted by molar-refractivity contribution is -0.120. The Labute approximate surface area is 107 Å². The largest absolute Gasteiger partial charge is 0.393 e. The van der Waals surface area contributed by atoms with E-state index in [0.717, 1.165) is 5.56 Å². The molecular formula is C14H18N2O2. The Bertz CT molecular complexity index is 420. The Morgan fingerprint density at radius 3 is 2.67 bits per heavy atom. The minimum absolute atomic E-state index is 0.0667. The fourth-order valence-electron chi connectivity index (χ4n) is 1.53. The summed E-state index contributed by atoms with van der Waals surface area (Å²) in [7, 11) is 0. The monoisotopic (exact) mass is 246 g/mol. The van der Waals surface area contributed by atoms with E-state index in [0.29, 0.717) is 31.4 Å². The van der Waals surface area contributed by atoms with Gasteiger partial charge in [-0.1, -0.05) is 19.1 Å². The molecule has 0 radical (unpaired) electrons. The van der Waals surface area contributed by atoms with Crippen LogP contribution in [0.1, 0.15) is 30.9 Å². The average molecular weight is 246 g/mol. The van der Waals surface area contributed by atoms with Crippen LogP contribution < -0.4 is 5.32 Å². The van der Waals surface area contributed by atoms with Crippen LogP contribution in [0, 0.1) is 11.3 Å². The zero-order valence-electron chi connectivity index (χ0n) is 10.5. The zero-order chi connectivity index (χ0) is 13.4. The summed E-state index contributed by atoms with van der Waals surface area (Å²) in [5.41, 5.74) is 1.47. The van der Waals surface area contributed by atoms with E-state index in [1.165, 1.54) is 0 Å². The highest BCUT2D eigenvalue weighted by Crippen LogP contribution is 2.04. The molecule has 0 spiro atoms. The molecule has 2 N–H and O–H groups in total. The zero-order valence-corrected chi connectivity index (χ0v) is 10.5. The van der Waals surface area contributed by atoms with Crippen LogP contribution in [0.15, 0.2) is 24.3 Å². The molecule has 96 valence electrons. The van der Waals surface area contributed by atoms with Gasteiger partial charge in [0.15, 0.2) is 0 Å². The lowest BCUT2D eigenvalue weighted by Gasteiger charge is -2.08. The first kappa shape index (κ1) is 14.2. The fourth-order valence-corrected chi connectivity index (χ4v) is 1.53. The van der Waals surface area contributed by atoms with Crippen LogP contribution in [-0.4, -0.2) is 23.7 Å². The van der Waals surface area contributed by atoms with Crippen molar-refractivity contribution in [1.82, 2.24) is 5.32 Å². The minimum Gasteiger partial charge on any atom is -0.393 e. The number of carbonyl (C=O) groups excluding carboxylic acids is 1. The van der Waals surface area contributed by atoms with E-state index < -0.39 is 0 Å². The molecular weight excluding hydrogens is 228 g/mol. The Morgan fingerprint density at radius 1 is 1.44 bits per heavy atom. The van der Waals surface area contributed by atoms with Crippen molar-refractivity contribution < 1.29 is 9.90 Å². The van der Waals surface area contributed by atoms with Crippen LogP contribution in [0.4, 0.5) is 0 Å². The number of nitriles is 1. The molecule has 0 bridgehead atoms. The fraction of sp³-hybridized carbons (Fsp3) is 0.429. The van der Waals surface area contributed by atoms with Crippen LogP contribution in [0.25, 0.3) is 0 Å². The van der Waals surface area contributed by atoms with Gasteiger partial charge >= 0.3 is 0 Å². The Hall–Kier alpha value is -1.86. The molecule has 4 heteroatoms. The highest BCUT2D eigenvalue weighted by Gasteiger charge is 2.05. The van der Waals surface area contributed by atoms with Crippen LogP contribution in [0.5, 0.6) is 0 Å². The number of aliphatic hydroxyl groups is 1.